The Labute approximate surface area is 116 Å². The van der Waals surface area contributed by atoms with Gasteiger partial charge in [-0.2, -0.15) is 5.10 Å². The van der Waals surface area contributed by atoms with Gasteiger partial charge in [0.1, 0.15) is 0 Å². The molecule has 2 heterocycles. The molecule has 5 heteroatoms. The van der Waals surface area contributed by atoms with Crippen molar-refractivity contribution in [2.24, 2.45) is 18.7 Å². The van der Waals surface area contributed by atoms with E-state index in [9.17, 15) is 0 Å². The highest BCUT2D eigenvalue weighted by Gasteiger charge is 2.20. The van der Waals surface area contributed by atoms with E-state index in [4.69, 9.17) is 5.73 Å². The van der Waals surface area contributed by atoms with Crippen molar-refractivity contribution >= 4 is 12.4 Å². The van der Waals surface area contributed by atoms with Crippen LogP contribution in [0.25, 0.3) is 0 Å². The lowest BCUT2D eigenvalue weighted by molar-refractivity contribution is 0.163. The van der Waals surface area contributed by atoms with Gasteiger partial charge in [-0.3, -0.25) is 9.58 Å². The first kappa shape index (κ1) is 15.5. The lowest BCUT2D eigenvalue weighted by Crippen LogP contribution is -2.35. The number of aryl methyl sites for hydroxylation is 1. The standard InChI is InChI=1S/C13H24N4.ClH/c1-11-13(8-15-16(11)2)10-17-7-3-4-12(9-17)5-6-14;/h8,12H,3-7,9-10,14H2,1-2H3;1H. The van der Waals surface area contributed by atoms with Gasteiger partial charge in [0, 0.05) is 31.4 Å². The van der Waals surface area contributed by atoms with Gasteiger partial charge >= 0.3 is 0 Å². The van der Waals surface area contributed by atoms with Crippen molar-refractivity contribution in [2.75, 3.05) is 19.6 Å². The summed E-state index contributed by atoms with van der Waals surface area (Å²) in [4.78, 5) is 2.55. The Hall–Kier alpha value is -0.580. The van der Waals surface area contributed by atoms with Crippen LogP contribution in [-0.4, -0.2) is 34.3 Å². The van der Waals surface area contributed by atoms with Crippen molar-refractivity contribution in [3.8, 4) is 0 Å². The summed E-state index contributed by atoms with van der Waals surface area (Å²) >= 11 is 0. The lowest BCUT2D eigenvalue weighted by Gasteiger charge is -2.32. The van der Waals surface area contributed by atoms with Gasteiger partial charge in [0.2, 0.25) is 0 Å². The van der Waals surface area contributed by atoms with Crippen molar-refractivity contribution in [3.63, 3.8) is 0 Å². The maximum absolute atomic E-state index is 5.65. The maximum Gasteiger partial charge on any atom is 0.0537 e. The third-order valence-electron chi connectivity index (χ3n) is 3.91. The van der Waals surface area contributed by atoms with E-state index in [1.54, 1.807) is 0 Å². The van der Waals surface area contributed by atoms with Crippen molar-refractivity contribution in [3.05, 3.63) is 17.5 Å². The molecule has 0 aliphatic carbocycles. The first-order valence-electron chi connectivity index (χ1n) is 6.60. The van der Waals surface area contributed by atoms with Gasteiger partial charge in [-0.1, -0.05) is 0 Å². The van der Waals surface area contributed by atoms with Gasteiger partial charge in [0.05, 0.1) is 6.20 Å². The minimum absolute atomic E-state index is 0. The lowest BCUT2D eigenvalue weighted by atomic mass is 9.94. The molecule has 0 saturated carbocycles. The molecule has 2 N–H and O–H groups in total. The van der Waals surface area contributed by atoms with Crippen LogP contribution < -0.4 is 5.73 Å². The molecule has 0 aromatic carbocycles. The Balaban J connectivity index is 0.00000162. The molecule has 104 valence electrons. The fourth-order valence-electron chi connectivity index (χ4n) is 2.71. The number of rotatable bonds is 4. The second-order valence-electron chi connectivity index (χ2n) is 5.20. The topological polar surface area (TPSA) is 47.1 Å². The van der Waals surface area contributed by atoms with E-state index < -0.39 is 0 Å². The third kappa shape index (κ3) is 3.70. The van der Waals surface area contributed by atoms with E-state index in [1.807, 2.05) is 17.9 Å². The number of halogens is 1. The van der Waals surface area contributed by atoms with Crippen LogP contribution in [0.15, 0.2) is 6.20 Å². The molecule has 1 aliphatic heterocycles. The average molecular weight is 273 g/mol. The number of piperidine rings is 1. The summed E-state index contributed by atoms with van der Waals surface area (Å²) in [7, 11) is 2.01. The van der Waals surface area contributed by atoms with Gasteiger partial charge in [0.25, 0.3) is 0 Å². The predicted molar refractivity (Wildman–Crippen MR) is 76.9 cm³/mol. The molecule has 1 aromatic heterocycles. The van der Waals surface area contributed by atoms with E-state index in [2.05, 4.69) is 16.9 Å². The Morgan fingerprint density at radius 2 is 2.28 bits per heavy atom. The molecule has 1 saturated heterocycles. The summed E-state index contributed by atoms with van der Waals surface area (Å²) < 4.78 is 1.96. The summed E-state index contributed by atoms with van der Waals surface area (Å²) in [5, 5.41) is 4.31. The van der Waals surface area contributed by atoms with E-state index >= 15 is 0 Å². The number of hydrogen-bond acceptors (Lipinski definition) is 3. The molecule has 18 heavy (non-hydrogen) atoms. The van der Waals surface area contributed by atoms with Gasteiger partial charge in [-0.25, -0.2) is 0 Å². The van der Waals surface area contributed by atoms with Crippen LogP contribution in [0.5, 0.6) is 0 Å². The summed E-state index contributed by atoms with van der Waals surface area (Å²) in [6.07, 6.45) is 5.83. The van der Waals surface area contributed by atoms with Gasteiger partial charge in [-0.05, 0) is 45.2 Å². The van der Waals surface area contributed by atoms with Crippen LogP contribution in [0.4, 0.5) is 0 Å². The van der Waals surface area contributed by atoms with Crippen LogP contribution >= 0.6 is 12.4 Å². The Kier molecular flexibility index (Phi) is 6.12. The minimum Gasteiger partial charge on any atom is -0.330 e. The molecule has 1 atom stereocenters. The van der Waals surface area contributed by atoms with E-state index in [1.165, 1.54) is 43.6 Å². The maximum atomic E-state index is 5.65. The molecule has 0 spiro atoms. The molecule has 1 fully saturated rings. The molecule has 4 nitrogen and oxygen atoms in total. The largest absolute Gasteiger partial charge is 0.330 e. The Bertz CT molecular complexity index is 362. The Morgan fingerprint density at radius 1 is 1.50 bits per heavy atom. The van der Waals surface area contributed by atoms with Gasteiger partial charge in [0.15, 0.2) is 0 Å². The minimum atomic E-state index is 0. The summed E-state index contributed by atoms with van der Waals surface area (Å²) in [6, 6.07) is 0. The number of nitrogens with two attached hydrogens (primary N) is 1. The molecule has 1 aromatic rings. The monoisotopic (exact) mass is 272 g/mol. The second-order valence-corrected chi connectivity index (χ2v) is 5.20. The van der Waals surface area contributed by atoms with Crippen molar-refractivity contribution in [1.29, 1.82) is 0 Å². The zero-order chi connectivity index (χ0) is 12.3. The van der Waals surface area contributed by atoms with E-state index in [0.717, 1.165) is 19.0 Å². The third-order valence-corrected chi connectivity index (χ3v) is 3.91. The first-order chi connectivity index (χ1) is 8.20. The van der Waals surface area contributed by atoms with Crippen LogP contribution in [0.2, 0.25) is 0 Å². The van der Waals surface area contributed by atoms with Crippen molar-refractivity contribution < 1.29 is 0 Å². The highest BCUT2D eigenvalue weighted by Crippen LogP contribution is 2.21. The van der Waals surface area contributed by atoms with Crippen molar-refractivity contribution in [2.45, 2.75) is 32.7 Å². The Morgan fingerprint density at radius 3 is 2.89 bits per heavy atom. The number of nitrogens with zero attached hydrogens (tertiary/aromatic N) is 3. The molecule has 0 bridgehead atoms. The number of aromatic nitrogens is 2. The smallest absolute Gasteiger partial charge is 0.0537 e. The molecular formula is C13H25ClN4. The molecule has 1 aliphatic rings. The predicted octanol–water partition coefficient (Wildman–Crippen LogP) is 1.71. The zero-order valence-corrected chi connectivity index (χ0v) is 12.2. The van der Waals surface area contributed by atoms with Crippen molar-refractivity contribution in [1.82, 2.24) is 14.7 Å². The van der Waals surface area contributed by atoms with Crippen LogP contribution in [0, 0.1) is 12.8 Å². The number of likely N-dealkylation sites (tertiary alicyclic amines) is 1. The van der Waals surface area contributed by atoms with Crippen LogP contribution in [-0.2, 0) is 13.6 Å². The highest BCUT2D eigenvalue weighted by molar-refractivity contribution is 5.85. The number of hydrogen-bond donors (Lipinski definition) is 1. The van der Waals surface area contributed by atoms with E-state index in [0.29, 0.717) is 0 Å². The molecular weight excluding hydrogens is 248 g/mol. The quantitative estimate of drug-likeness (QED) is 0.908. The average Bonchev–Trinajstić information content (AvgIpc) is 2.62. The molecule has 2 rings (SSSR count). The highest BCUT2D eigenvalue weighted by atomic mass is 35.5. The van der Waals surface area contributed by atoms with Gasteiger partial charge < -0.3 is 5.73 Å². The zero-order valence-electron chi connectivity index (χ0n) is 11.4. The van der Waals surface area contributed by atoms with Crippen LogP contribution in [0.3, 0.4) is 0 Å². The SMILES string of the molecule is Cc1c(CN2CCCC(CCN)C2)cnn1C.Cl. The molecule has 1 unspecified atom stereocenters. The molecule has 0 amide bonds. The second kappa shape index (κ2) is 7.12. The molecule has 0 radical (unpaired) electrons. The fourth-order valence-corrected chi connectivity index (χ4v) is 2.71. The fraction of sp³-hybridized carbons (Fsp3) is 0.769. The first-order valence-corrected chi connectivity index (χ1v) is 6.60. The summed E-state index contributed by atoms with van der Waals surface area (Å²) in [6.45, 7) is 6.43. The van der Waals surface area contributed by atoms with Crippen LogP contribution in [0.1, 0.15) is 30.5 Å². The summed E-state index contributed by atoms with van der Waals surface area (Å²) in [5.74, 6) is 0.797. The van der Waals surface area contributed by atoms with Gasteiger partial charge in [-0.15, -0.1) is 12.4 Å². The van der Waals surface area contributed by atoms with E-state index in [-0.39, 0.29) is 12.4 Å². The normalized spacial score (nSPS) is 20.7. The summed E-state index contributed by atoms with van der Waals surface area (Å²) in [5.41, 5.74) is 8.30.